The second-order valence-electron chi connectivity index (χ2n) is 5.52. The zero-order valence-electron chi connectivity index (χ0n) is 11.4. The molecule has 1 aliphatic heterocycles. The number of aryl methyl sites for hydroxylation is 1. The molecule has 1 saturated carbocycles. The van der Waals surface area contributed by atoms with Crippen molar-refractivity contribution in [2.75, 3.05) is 37.0 Å². The summed E-state index contributed by atoms with van der Waals surface area (Å²) in [7, 11) is 0. The third-order valence-corrected chi connectivity index (χ3v) is 5.46. The van der Waals surface area contributed by atoms with E-state index in [0.717, 1.165) is 31.2 Å². The predicted octanol–water partition coefficient (Wildman–Crippen LogP) is 2.99. The summed E-state index contributed by atoms with van der Waals surface area (Å²) in [5.74, 6) is 0.665. The van der Waals surface area contributed by atoms with Crippen molar-refractivity contribution in [3.63, 3.8) is 0 Å². The summed E-state index contributed by atoms with van der Waals surface area (Å²) in [5.41, 5.74) is 1.15. The van der Waals surface area contributed by atoms with E-state index in [1.54, 1.807) is 11.3 Å². The van der Waals surface area contributed by atoms with Gasteiger partial charge in [-0.15, -0.1) is 22.9 Å². The quantitative estimate of drug-likeness (QED) is 0.797. The van der Waals surface area contributed by atoms with E-state index in [0.29, 0.717) is 5.88 Å². The standard InChI is InChI=1S/C14H22ClN3S/c15-6-5-12-11-19-14(16-12)18-9-7-17(8-10-18)13-3-1-2-4-13/h11,13H,1-10H2. The van der Waals surface area contributed by atoms with Gasteiger partial charge in [-0.2, -0.15) is 0 Å². The van der Waals surface area contributed by atoms with Gasteiger partial charge in [-0.25, -0.2) is 4.98 Å². The zero-order valence-corrected chi connectivity index (χ0v) is 12.9. The molecule has 0 aromatic carbocycles. The van der Waals surface area contributed by atoms with Crippen LogP contribution in [0.3, 0.4) is 0 Å². The highest BCUT2D eigenvalue weighted by Gasteiger charge is 2.26. The molecule has 2 fully saturated rings. The van der Waals surface area contributed by atoms with Crippen molar-refractivity contribution >= 4 is 28.1 Å². The van der Waals surface area contributed by atoms with E-state index in [9.17, 15) is 0 Å². The molecule has 1 aliphatic carbocycles. The van der Waals surface area contributed by atoms with Crippen LogP contribution in [0.5, 0.6) is 0 Å². The first-order valence-electron chi connectivity index (χ1n) is 7.36. The van der Waals surface area contributed by atoms with E-state index in [4.69, 9.17) is 11.6 Å². The first kappa shape index (κ1) is 13.7. The Kier molecular flexibility index (Phi) is 4.61. The molecule has 1 saturated heterocycles. The number of hydrogen-bond donors (Lipinski definition) is 0. The SMILES string of the molecule is ClCCc1csc(N2CCN(C3CCCC3)CC2)n1. The van der Waals surface area contributed by atoms with Crippen molar-refractivity contribution in [3.05, 3.63) is 11.1 Å². The van der Waals surface area contributed by atoms with Gasteiger partial charge in [0.1, 0.15) is 0 Å². The maximum Gasteiger partial charge on any atom is 0.185 e. The maximum atomic E-state index is 5.77. The normalized spacial score (nSPS) is 22.3. The number of alkyl halides is 1. The monoisotopic (exact) mass is 299 g/mol. The topological polar surface area (TPSA) is 19.4 Å². The molecule has 2 aliphatic rings. The molecular weight excluding hydrogens is 278 g/mol. The average molecular weight is 300 g/mol. The number of nitrogens with zero attached hydrogens (tertiary/aromatic N) is 3. The average Bonchev–Trinajstić information content (AvgIpc) is 3.10. The lowest BCUT2D eigenvalue weighted by Gasteiger charge is -2.37. The van der Waals surface area contributed by atoms with Crippen LogP contribution in [0.15, 0.2) is 5.38 Å². The number of anilines is 1. The largest absolute Gasteiger partial charge is 0.346 e. The molecule has 3 rings (SSSR count). The van der Waals surface area contributed by atoms with Crippen LogP contribution in [0, 0.1) is 0 Å². The highest BCUT2D eigenvalue weighted by Crippen LogP contribution is 2.27. The molecule has 0 radical (unpaired) electrons. The van der Waals surface area contributed by atoms with Gasteiger partial charge < -0.3 is 4.90 Å². The number of aromatic nitrogens is 1. The van der Waals surface area contributed by atoms with Crippen LogP contribution in [0.25, 0.3) is 0 Å². The lowest BCUT2D eigenvalue weighted by atomic mass is 10.2. The van der Waals surface area contributed by atoms with E-state index >= 15 is 0 Å². The zero-order chi connectivity index (χ0) is 13.1. The molecular formula is C14H22ClN3S. The van der Waals surface area contributed by atoms with Crippen LogP contribution in [-0.4, -0.2) is 48.0 Å². The summed E-state index contributed by atoms with van der Waals surface area (Å²) in [5, 5.41) is 3.34. The Morgan fingerprint density at radius 1 is 1.21 bits per heavy atom. The highest BCUT2D eigenvalue weighted by molar-refractivity contribution is 7.13. The van der Waals surface area contributed by atoms with Gasteiger partial charge in [0.05, 0.1) is 5.69 Å². The van der Waals surface area contributed by atoms with E-state index in [-0.39, 0.29) is 0 Å². The molecule has 19 heavy (non-hydrogen) atoms. The Labute approximate surface area is 124 Å². The molecule has 2 heterocycles. The summed E-state index contributed by atoms with van der Waals surface area (Å²) in [6.07, 6.45) is 6.58. The second kappa shape index (κ2) is 6.42. The number of piperazine rings is 1. The minimum absolute atomic E-state index is 0.665. The number of halogens is 1. The number of hydrogen-bond acceptors (Lipinski definition) is 4. The van der Waals surface area contributed by atoms with E-state index in [2.05, 4.69) is 20.2 Å². The van der Waals surface area contributed by atoms with Gasteiger partial charge in [0.2, 0.25) is 0 Å². The van der Waals surface area contributed by atoms with Gasteiger partial charge in [0.25, 0.3) is 0 Å². The molecule has 0 atom stereocenters. The molecule has 5 heteroatoms. The molecule has 0 spiro atoms. The molecule has 3 nitrogen and oxygen atoms in total. The van der Waals surface area contributed by atoms with E-state index in [1.807, 2.05) is 0 Å². The molecule has 1 aromatic heterocycles. The van der Waals surface area contributed by atoms with Crippen molar-refractivity contribution < 1.29 is 0 Å². The van der Waals surface area contributed by atoms with Gasteiger partial charge in [-0.05, 0) is 12.8 Å². The van der Waals surface area contributed by atoms with Crippen molar-refractivity contribution in [2.45, 2.75) is 38.1 Å². The maximum absolute atomic E-state index is 5.77. The molecule has 1 aromatic rings. The lowest BCUT2D eigenvalue weighted by molar-refractivity contribution is 0.187. The van der Waals surface area contributed by atoms with Crippen LogP contribution < -0.4 is 4.90 Å². The number of thiazole rings is 1. The van der Waals surface area contributed by atoms with Crippen LogP contribution in [0.2, 0.25) is 0 Å². The van der Waals surface area contributed by atoms with Gasteiger partial charge in [0.15, 0.2) is 5.13 Å². The lowest BCUT2D eigenvalue weighted by Crippen LogP contribution is -2.49. The van der Waals surface area contributed by atoms with Crippen LogP contribution in [-0.2, 0) is 6.42 Å². The number of rotatable bonds is 4. The van der Waals surface area contributed by atoms with Crippen molar-refractivity contribution in [1.82, 2.24) is 9.88 Å². The fourth-order valence-electron chi connectivity index (χ4n) is 3.20. The third-order valence-electron chi connectivity index (χ3n) is 4.32. The molecule has 0 amide bonds. The first-order valence-corrected chi connectivity index (χ1v) is 8.77. The Hall–Kier alpha value is -0.320. The molecule has 0 N–H and O–H groups in total. The Morgan fingerprint density at radius 2 is 1.95 bits per heavy atom. The summed E-state index contributed by atoms with van der Waals surface area (Å²) in [6, 6.07) is 0.866. The fraction of sp³-hybridized carbons (Fsp3) is 0.786. The van der Waals surface area contributed by atoms with Gasteiger partial charge >= 0.3 is 0 Å². The molecule has 0 unspecified atom stereocenters. The molecule has 106 valence electrons. The van der Waals surface area contributed by atoms with Gasteiger partial charge in [0, 0.05) is 49.9 Å². The van der Waals surface area contributed by atoms with Gasteiger partial charge in [-0.3, -0.25) is 4.90 Å². The highest BCUT2D eigenvalue weighted by atomic mass is 35.5. The van der Waals surface area contributed by atoms with Crippen molar-refractivity contribution in [2.24, 2.45) is 0 Å². The van der Waals surface area contributed by atoms with Crippen LogP contribution >= 0.6 is 22.9 Å². The summed E-state index contributed by atoms with van der Waals surface area (Å²) < 4.78 is 0. The smallest absolute Gasteiger partial charge is 0.185 e. The van der Waals surface area contributed by atoms with Gasteiger partial charge in [-0.1, -0.05) is 12.8 Å². The fourth-order valence-corrected chi connectivity index (χ4v) is 4.31. The molecule has 0 bridgehead atoms. The summed E-state index contributed by atoms with van der Waals surface area (Å²) >= 11 is 7.53. The summed E-state index contributed by atoms with van der Waals surface area (Å²) in [6.45, 7) is 4.67. The Balaban J connectivity index is 1.53. The van der Waals surface area contributed by atoms with Crippen molar-refractivity contribution in [3.8, 4) is 0 Å². The minimum atomic E-state index is 0.665. The third kappa shape index (κ3) is 3.23. The Morgan fingerprint density at radius 3 is 2.63 bits per heavy atom. The van der Waals surface area contributed by atoms with Crippen molar-refractivity contribution in [1.29, 1.82) is 0 Å². The van der Waals surface area contributed by atoms with Crippen LogP contribution in [0.4, 0.5) is 5.13 Å². The minimum Gasteiger partial charge on any atom is -0.346 e. The van der Waals surface area contributed by atoms with Crippen LogP contribution in [0.1, 0.15) is 31.4 Å². The van der Waals surface area contributed by atoms with E-state index < -0.39 is 0 Å². The first-order chi connectivity index (χ1) is 9.36. The second-order valence-corrected chi connectivity index (χ2v) is 6.74. The predicted molar refractivity (Wildman–Crippen MR) is 82.6 cm³/mol. The van der Waals surface area contributed by atoms with E-state index in [1.165, 1.54) is 43.9 Å². The summed E-state index contributed by atoms with van der Waals surface area (Å²) in [4.78, 5) is 9.82. The Bertz CT molecular complexity index is 395.